The van der Waals surface area contributed by atoms with Gasteiger partial charge in [0, 0.05) is 18.5 Å². The van der Waals surface area contributed by atoms with Gasteiger partial charge in [-0.2, -0.15) is 13.2 Å². The van der Waals surface area contributed by atoms with Gasteiger partial charge in [0.25, 0.3) is 5.22 Å². The van der Waals surface area contributed by atoms with Crippen molar-refractivity contribution in [2.24, 2.45) is 0 Å². The Bertz CT molecular complexity index is 1110. The smallest absolute Gasteiger partial charge is 0.416 e. The number of aryl methyl sites for hydroxylation is 1. The number of carbonyl (C=O) groups excluding carboxylic acids is 1. The van der Waals surface area contributed by atoms with E-state index in [9.17, 15) is 18.0 Å². The molecule has 0 bridgehead atoms. The summed E-state index contributed by atoms with van der Waals surface area (Å²) in [5.41, 5.74) is 0.775. The van der Waals surface area contributed by atoms with Gasteiger partial charge in [0.2, 0.25) is 11.8 Å². The van der Waals surface area contributed by atoms with E-state index < -0.39 is 17.6 Å². The molecule has 0 saturated carbocycles. The standard InChI is InChI=1S/C21H22F3N5O2S2/c1-13-25-15(11-32-13)10-19-27-28-20(31-19)33-12-18(30)26-16-9-14(21(22,23)24)5-6-17(16)29-7-3-2-4-8-29/h5-6,9,11H,2-4,7-8,10,12H2,1H3,(H,26,30). The van der Waals surface area contributed by atoms with Gasteiger partial charge in [-0.1, -0.05) is 11.8 Å². The second kappa shape index (κ2) is 10.1. The molecule has 1 aliphatic rings. The number of rotatable bonds is 7. The van der Waals surface area contributed by atoms with Gasteiger partial charge in [-0.15, -0.1) is 21.5 Å². The molecule has 1 amide bonds. The fourth-order valence-corrected chi connectivity index (χ4v) is 4.74. The summed E-state index contributed by atoms with van der Waals surface area (Å²) in [6, 6.07) is 3.48. The number of benzene rings is 1. The highest BCUT2D eigenvalue weighted by Crippen LogP contribution is 2.36. The molecule has 1 aliphatic heterocycles. The van der Waals surface area contributed by atoms with Gasteiger partial charge >= 0.3 is 6.18 Å². The Kier molecular flexibility index (Phi) is 7.23. The molecule has 176 valence electrons. The summed E-state index contributed by atoms with van der Waals surface area (Å²) in [6.45, 7) is 3.39. The molecule has 3 heterocycles. The van der Waals surface area contributed by atoms with Crippen LogP contribution in [0.5, 0.6) is 0 Å². The van der Waals surface area contributed by atoms with E-state index >= 15 is 0 Å². The zero-order valence-corrected chi connectivity index (χ0v) is 19.4. The number of piperidine rings is 1. The first-order chi connectivity index (χ1) is 15.8. The Morgan fingerprint density at radius 2 is 2.03 bits per heavy atom. The normalized spacial score (nSPS) is 14.5. The first-order valence-corrected chi connectivity index (χ1v) is 12.3. The number of hydrogen-bond acceptors (Lipinski definition) is 8. The lowest BCUT2D eigenvalue weighted by atomic mass is 10.1. The zero-order valence-electron chi connectivity index (χ0n) is 17.8. The van der Waals surface area contributed by atoms with Gasteiger partial charge < -0.3 is 14.6 Å². The molecular formula is C21H22F3N5O2S2. The molecule has 0 radical (unpaired) electrons. The molecule has 2 aromatic heterocycles. The topological polar surface area (TPSA) is 84.1 Å². The molecule has 3 aromatic rings. The summed E-state index contributed by atoms with van der Waals surface area (Å²) >= 11 is 2.56. The number of thioether (sulfide) groups is 1. The largest absolute Gasteiger partial charge is 0.416 e. The minimum Gasteiger partial charge on any atom is -0.416 e. The number of thiazole rings is 1. The Labute approximate surface area is 196 Å². The molecule has 1 saturated heterocycles. The van der Waals surface area contributed by atoms with Crippen molar-refractivity contribution in [3.05, 3.63) is 45.7 Å². The molecule has 12 heteroatoms. The van der Waals surface area contributed by atoms with Crippen molar-refractivity contribution < 1.29 is 22.4 Å². The van der Waals surface area contributed by atoms with Crippen molar-refractivity contribution in [3.63, 3.8) is 0 Å². The minimum atomic E-state index is -4.50. The molecule has 0 unspecified atom stereocenters. The molecule has 1 fully saturated rings. The summed E-state index contributed by atoms with van der Waals surface area (Å²) in [7, 11) is 0. The van der Waals surface area contributed by atoms with Gasteiger partial charge in [0.15, 0.2) is 0 Å². The Hall–Kier alpha value is -2.60. The van der Waals surface area contributed by atoms with Crippen LogP contribution in [0.2, 0.25) is 0 Å². The van der Waals surface area contributed by atoms with Crippen molar-refractivity contribution >= 4 is 40.4 Å². The first-order valence-electron chi connectivity index (χ1n) is 10.4. The monoisotopic (exact) mass is 497 g/mol. The van der Waals surface area contributed by atoms with Crippen LogP contribution in [0.4, 0.5) is 24.5 Å². The van der Waals surface area contributed by atoms with Crippen LogP contribution in [0.1, 0.15) is 41.4 Å². The minimum absolute atomic E-state index is 0.0763. The first kappa shape index (κ1) is 23.6. The highest BCUT2D eigenvalue weighted by atomic mass is 32.2. The van der Waals surface area contributed by atoms with Crippen molar-refractivity contribution in [3.8, 4) is 0 Å². The van der Waals surface area contributed by atoms with Gasteiger partial charge in [-0.25, -0.2) is 4.98 Å². The molecule has 7 nitrogen and oxygen atoms in total. The van der Waals surface area contributed by atoms with E-state index in [1.54, 1.807) is 0 Å². The number of halogens is 3. The lowest BCUT2D eigenvalue weighted by Crippen LogP contribution is -2.30. The number of amides is 1. The van der Waals surface area contributed by atoms with Gasteiger partial charge in [-0.05, 0) is 44.4 Å². The van der Waals surface area contributed by atoms with Crippen molar-refractivity contribution in [1.29, 1.82) is 0 Å². The number of aromatic nitrogens is 3. The van der Waals surface area contributed by atoms with Crippen molar-refractivity contribution in [2.45, 2.75) is 44.0 Å². The number of nitrogens with zero attached hydrogens (tertiary/aromatic N) is 4. The molecule has 33 heavy (non-hydrogen) atoms. The molecular weight excluding hydrogens is 475 g/mol. The predicted octanol–water partition coefficient (Wildman–Crippen LogP) is 5.17. The number of carbonyl (C=O) groups is 1. The molecule has 4 rings (SSSR count). The molecule has 0 aliphatic carbocycles. The van der Waals surface area contributed by atoms with Crippen LogP contribution >= 0.6 is 23.1 Å². The van der Waals surface area contributed by atoms with Crippen LogP contribution in [0.25, 0.3) is 0 Å². The highest BCUT2D eigenvalue weighted by Gasteiger charge is 2.32. The van der Waals surface area contributed by atoms with Gasteiger partial charge in [0.05, 0.1) is 39.8 Å². The van der Waals surface area contributed by atoms with Crippen LogP contribution in [0.15, 0.2) is 33.2 Å². The quantitative estimate of drug-likeness (QED) is 0.451. The maximum absolute atomic E-state index is 13.2. The van der Waals surface area contributed by atoms with Gasteiger partial charge in [-0.3, -0.25) is 4.79 Å². The van der Waals surface area contributed by atoms with E-state index in [4.69, 9.17) is 4.42 Å². The van der Waals surface area contributed by atoms with Crippen LogP contribution in [-0.4, -0.2) is 39.9 Å². The summed E-state index contributed by atoms with van der Waals surface area (Å²) in [5, 5.41) is 13.6. The summed E-state index contributed by atoms with van der Waals surface area (Å²) in [6.07, 6.45) is -1.09. The van der Waals surface area contributed by atoms with Crippen LogP contribution in [-0.2, 0) is 17.4 Å². The highest BCUT2D eigenvalue weighted by molar-refractivity contribution is 7.99. The molecule has 0 atom stereocenters. The molecule has 1 N–H and O–H groups in total. The number of nitrogens with one attached hydrogen (secondary N) is 1. The molecule has 0 spiro atoms. The lowest BCUT2D eigenvalue weighted by Gasteiger charge is -2.31. The Morgan fingerprint density at radius 1 is 1.24 bits per heavy atom. The van der Waals surface area contributed by atoms with E-state index in [2.05, 4.69) is 20.5 Å². The number of alkyl halides is 3. The lowest BCUT2D eigenvalue weighted by molar-refractivity contribution is -0.137. The fourth-order valence-electron chi connectivity index (χ4n) is 3.55. The summed E-state index contributed by atoms with van der Waals surface area (Å²) in [4.78, 5) is 18.9. The van der Waals surface area contributed by atoms with Crippen molar-refractivity contribution in [1.82, 2.24) is 15.2 Å². The van der Waals surface area contributed by atoms with Crippen molar-refractivity contribution in [2.75, 3.05) is 29.1 Å². The second-order valence-electron chi connectivity index (χ2n) is 7.61. The third-order valence-electron chi connectivity index (χ3n) is 5.07. The fraction of sp³-hybridized carbons (Fsp3) is 0.429. The maximum Gasteiger partial charge on any atom is 0.416 e. The Balaban J connectivity index is 1.41. The van der Waals surface area contributed by atoms with E-state index in [1.807, 2.05) is 17.2 Å². The second-order valence-corrected chi connectivity index (χ2v) is 9.60. The van der Waals surface area contributed by atoms with E-state index in [0.717, 1.165) is 66.9 Å². The summed E-state index contributed by atoms with van der Waals surface area (Å²) in [5.74, 6) is -0.145. The third-order valence-corrected chi connectivity index (χ3v) is 6.71. The number of anilines is 2. The SMILES string of the molecule is Cc1nc(Cc2nnc(SCC(=O)Nc3cc(C(F)(F)F)ccc3N3CCCCC3)o2)cs1. The average molecular weight is 498 g/mol. The summed E-state index contributed by atoms with van der Waals surface area (Å²) < 4.78 is 45.3. The zero-order chi connectivity index (χ0) is 23.4. The van der Waals surface area contributed by atoms with Crippen LogP contribution < -0.4 is 10.2 Å². The van der Waals surface area contributed by atoms with E-state index in [0.29, 0.717) is 18.0 Å². The predicted molar refractivity (Wildman–Crippen MR) is 121 cm³/mol. The Morgan fingerprint density at radius 3 is 2.73 bits per heavy atom. The van der Waals surface area contributed by atoms with Gasteiger partial charge in [0.1, 0.15) is 0 Å². The van der Waals surface area contributed by atoms with E-state index in [1.165, 1.54) is 17.4 Å². The molecule has 1 aromatic carbocycles. The third kappa shape index (κ3) is 6.26. The average Bonchev–Trinajstić information content (AvgIpc) is 3.41. The van der Waals surface area contributed by atoms with Crippen LogP contribution in [0, 0.1) is 6.92 Å². The van der Waals surface area contributed by atoms with E-state index in [-0.39, 0.29) is 16.7 Å². The maximum atomic E-state index is 13.2. The number of hydrogen-bond donors (Lipinski definition) is 1. The van der Waals surface area contributed by atoms with Crippen LogP contribution in [0.3, 0.4) is 0 Å².